The van der Waals surface area contributed by atoms with Crippen molar-refractivity contribution in [1.82, 2.24) is 5.32 Å². The molecule has 0 aromatic rings. The number of amides is 1. The van der Waals surface area contributed by atoms with E-state index in [4.69, 9.17) is 14.2 Å². The molecule has 0 unspecified atom stereocenters. The zero-order valence-corrected chi connectivity index (χ0v) is 16.8. The lowest BCUT2D eigenvalue weighted by molar-refractivity contribution is -0.127. The van der Waals surface area contributed by atoms with Gasteiger partial charge < -0.3 is 19.5 Å². The summed E-state index contributed by atoms with van der Waals surface area (Å²) in [6, 6.07) is 0.199. The van der Waals surface area contributed by atoms with Gasteiger partial charge in [-0.1, -0.05) is 20.8 Å². The molecule has 1 amide bonds. The Kier molecular flexibility index (Phi) is 12.5. The Morgan fingerprint density at radius 3 is 1.96 bits per heavy atom. The molecule has 1 aliphatic carbocycles. The van der Waals surface area contributed by atoms with E-state index >= 15 is 0 Å². The first-order valence-corrected chi connectivity index (χ1v) is 10.1. The summed E-state index contributed by atoms with van der Waals surface area (Å²) in [5.41, 5.74) is 0. The molecule has 0 spiro atoms. The van der Waals surface area contributed by atoms with Gasteiger partial charge in [-0.15, -0.1) is 0 Å². The number of carbonyl (C=O) groups is 2. The average molecular weight is 372 g/mol. The minimum absolute atomic E-state index is 0.0255. The minimum Gasteiger partial charge on any atom is -0.379 e. The summed E-state index contributed by atoms with van der Waals surface area (Å²) in [7, 11) is 0. The fourth-order valence-electron chi connectivity index (χ4n) is 3.14. The highest BCUT2D eigenvalue weighted by Crippen LogP contribution is 2.27. The largest absolute Gasteiger partial charge is 0.379 e. The Morgan fingerprint density at radius 1 is 0.885 bits per heavy atom. The van der Waals surface area contributed by atoms with Crippen LogP contribution in [0.4, 0.5) is 0 Å². The Hall–Kier alpha value is -0.980. The molecule has 0 bridgehead atoms. The van der Waals surface area contributed by atoms with E-state index in [9.17, 15) is 9.59 Å². The molecule has 152 valence electrons. The van der Waals surface area contributed by atoms with Crippen molar-refractivity contribution in [2.75, 3.05) is 39.6 Å². The van der Waals surface area contributed by atoms with Gasteiger partial charge in [-0.05, 0) is 32.1 Å². The standard InChI is InChI=1S/C20H37NO5/c1-4-10-24-12-14-26-15-13-25-11-9-19(22)21-18-7-5-17(6-8-18)20(23)16(2)3/h16-18H,4-15H2,1-3H3,(H,21,22). The molecule has 6 heteroatoms. The van der Waals surface area contributed by atoms with Crippen LogP contribution in [-0.4, -0.2) is 57.4 Å². The maximum absolute atomic E-state index is 12.0. The average Bonchev–Trinajstić information content (AvgIpc) is 2.63. The molecule has 0 saturated heterocycles. The van der Waals surface area contributed by atoms with E-state index in [1.54, 1.807) is 0 Å². The number of nitrogens with one attached hydrogen (secondary N) is 1. The van der Waals surface area contributed by atoms with Gasteiger partial charge in [0, 0.05) is 30.9 Å². The summed E-state index contributed by atoms with van der Waals surface area (Å²) in [6.07, 6.45) is 4.94. The molecule has 1 N–H and O–H groups in total. The monoisotopic (exact) mass is 371 g/mol. The molecule has 0 aromatic heterocycles. The molecular formula is C20H37NO5. The fourth-order valence-corrected chi connectivity index (χ4v) is 3.14. The molecule has 0 heterocycles. The second-order valence-corrected chi connectivity index (χ2v) is 7.26. The van der Waals surface area contributed by atoms with E-state index in [0.717, 1.165) is 38.7 Å². The van der Waals surface area contributed by atoms with Crippen LogP contribution in [0.25, 0.3) is 0 Å². The molecule has 0 aromatic carbocycles. The van der Waals surface area contributed by atoms with E-state index in [0.29, 0.717) is 45.2 Å². The first kappa shape index (κ1) is 23.1. The molecule has 0 atom stereocenters. The summed E-state index contributed by atoms with van der Waals surface area (Å²) in [5.74, 6) is 0.676. The molecule has 1 rings (SSSR count). The Balaban J connectivity index is 1.97. The van der Waals surface area contributed by atoms with E-state index in [1.165, 1.54) is 0 Å². The summed E-state index contributed by atoms with van der Waals surface area (Å²) in [4.78, 5) is 24.0. The fraction of sp³-hybridized carbons (Fsp3) is 0.900. The van der Waals surface area contributed by atoms with Crippen molar-refractivity contribution in [1.29, 1.82) is 0 Å². The zero-order chi connectivity index (χ0) is 19.2. The van der Waals surface area contributed by atoms with Gasteiger partial charge in [0.25, 0.3) is 0 Å². The van der Waals surface area contributed by atoms with Crippen LogP contribution in [0, 0.1) is 11.8 Å². The van der Waals surface area contributed by atoms with Gasteiger partial charge in [0.2, 0.25) is 5.91 Å². The molecule has 1 saturated carbocycles. The molecule has 0 radical (unpaired) electrons. The predicted octanol–water partition coefficient (Wildman–Crippen LogP) is 2.74. The number of hydrogen-bond donors (Lipinski definition) is 1. The zero-order valence-electron chi connectivity index (χ0n) is 16.8. The van der Waals surface area contributed by atoms with Gasteiger partial charge in [-0.3, -0.25) is 9.59 Å². The smallest absolute Gasteiger partial charge is 0.222 e. The molecule has 1 aliphatic rings. The van der Waals surface area contributed by atoms with Gasteiger partial charge in [-0.2, -0.15) is 0 Å². The number of carbonyl (C=O) groups excluding carboxylic acids is 2. The maximum Gasteiger partial charge on any atom is 0.222 e. The van der Waals surface area contributed by atoms with Crippen molar-refractivity contribution < 1.29 is 23.8 Å². The second kappa shape index (κ2) is 14.1. The van der Waals surface area contributed by atoms with Crippen LogP contribution in [0.2, 0.25) is 0 Å². The highest BCUT2D eigenvalue weighted by molar-refractivity contribution is 5.83. The Morgan fingerprint density at radius 2 is 1.42 bits per heavy atom. The highest BCUT2D eigenvalue weighted by Gasteiger charge is 2.28. The second-order valence-electron chi connectivity index (χ2n) is 7.26. The van der Waals surface area contributed by atoms with Crippen LogP contribution >= 0.6 is 0 Å². The third-order valence-corrected chi connectivity index (χ3v) is 4.63. The van der Waals surface area contributed by atoms with Gasteiger partial charge in [-0.25, -0.2) is 0 Å². The van der Waals surface area contributed by atoms with Gasteiger partial charge in [0.1, 0.15) is 5.78 Å². The molecule has 0 aliphatic heterocycles. The van der Waals surface area contributed by atoms with Gasteiger partial charge >= 0.3 is 0 Å². The van der Waals surface area contributed by atoms with Crippen LogP contribution in [0.5, 0.6) is 0 Å². The van der Waals surface area contributed by atoms with Crippen LogP contribution in [0.15, 0.2) is 0 Å². The predicted molar refractivity (Wildman–Crippen MR) is 101 cm³/mol. The van der Waals surface area contributed by atoms with Crippen molar-refractivity contribution in [3.8, 4) is 0 Å². The number of rotatable bonds is 14. The highest BCUT2D eigenvalue weighted by atomic mass is 16.5. The van der Waals surface area contributed by atoms with E-state index in [-0.39, 0.29) is 23.8 Å². The third kappa shape index (κ3) is 10.2. The first-order valence-electron chi connectivity index (χ1n) is 10.1. The SMILES string of the molecule is CCCOCCOCCOCCC(=O)NC1CCC(C(=O)C(C)C)CC1. The lowest BCUT2D eigenvalue weighted by Gasteiger charge is -2.29. The Bertz CT molecular complexity index is 392. The van der Waals surface area contributed by atoms with E-state index in [1.807, 2.05) is 13.8 Å². The topological polar surface area (TPSA) is 73.9 Å². The lowest BCUT2D eigenvalue weighted by atomic mass is 9.80. The van der Waals surface area contributed by atoms with Crippen molar-refractivity contribution in [3.63, 3.8) is 0 Å². The maximum atomic E-state index is 12.0. The van der Waals surface area contributed by atoms with Crippen molar-refractivity contribution in [3.05, 3.63) is 0 Å². The normalized spacial score (nSPS) is 20.3. The number of Topliss-reactive ketones (excluding diaryl/α,β-unsaturated/α-hetero) is 1. The first-order chi connectivity index (χ1) is 12.5. The van der Waals surface area contributed by atoms with Gasteiger partial charge in [0.05, 0.1) is 33.0 Å². The summed E-state index contributed by atoms with van der Waals surface area (Å²) in [6.45, 7) is 9.36. The quantitative estimate of drug-likeness (QED) is 0.475. The Labute approximate surface area is 158 Å². The number of ether oxygens (including phenoxy) is 3. The lowest BCUT2D eigenvalue weighted by Crippen LogP contribution is -2.39. The van der Waals surface area contributed by atoms with E-state index in [2.05, 4.69) is 12.2 Å². The van der Waals surface area contributed by atoms with Crippen molar-refractivity contribution in [2.45, 2.75) is 65.3 Å². The van der Waals surface area contributed by atoms with Crippen LogP contribution < -0.4 is 5.32 Å². The van der Waals surface area contributed by atoms with Crippen molar-refractivity contribution in [2.24, 2.45) is 11.8 Å². The molecule has 1 fully saturated rings. The molecule has 26 heavy (non-hydrogen) atoms. The van der Waals surface area contributed by atoms with Crippen molar-refractivity contribution >= 4 is 11.7 Å². The number of ketones is 1. The number of hydrogen-bond acceptors (Lipinski definition) is 5. The van der Waals surface area contributed by atoms with Crippen LogP contribution in [0.3, 0.4) is 0 Å². The van der Waals surface area contributed by atoms with Gasteiger partial charge in [0.15, 0.2) is 0 Å². The van der Waals surface area contributed by atoms with Crippen LogP contribution in [0.1, 0.15) is 59.3 Å². The van der Waals surface area contributed by atoms with Crippen LogP contribution in [-0.2, 0) is 23.8 Å². The molecular weight excluding hydrogens is 334 g/mol. The summed E-state index contributed by atoms with van der Waals surface area (Å²) >= 11 is 0. The third-order valence-electron chi connectivity index (χ3n) is 4.63. The van der Waals surface area contributed by atoms with E-state index < -0.39 is 0 Å². The summed E-state index contributed by atoms with van der Waals surface area (Å²) in [5, 5.41) is 3.06. The summed E-state index contributed by atoms with van der Waals surface area (Å²) < 4.78 is 16.1. The minimum atomic E-state index is 0.0255. The molecule has 6 nitrogen and oxygen atoms in total.